The molecule has 0 aliphatic rings. The molecule has 0 amide bonds. The summed E-state index contributed by atoms with van der Waals surface area (Å²) in [5, 5.41) is 0. The van der Waals surface area contributed by atoms with Gasteiger partial charge in [-0.3, -0.25) is 9.88 Å². The van der Waals surface area contributed by atoms with Crippen molar-refractivity contribution in [3.63, 3.8) is 0 Å². The van der Waals surface area contributed by atoms with E-state index in [9.17, 15) is 0 Å². The smallest absolute Gasteiger partial charge is 0.134 e. The van der Waals surface area contributed by atoms with Crippen molar-refractivity contribution >= 4 is 0 Å². The van der Waals surface area contributed by atoms with Crippen molar-refractivity contribution in [2.75, 3.05) is 14.1 Å². The molecule has 0 fully saturated rings. The maximum atomic E-state index is 6.33. The van der Waals surface area contributed by atoms with Crippen molar-refractivity contribution in [2.24, 2.45) is 0 Å². The van der Waals surface area contributed by atoms with E-state index in [1.807, 2.05) is 62.3 Å². The second-order valence-corrected chi connectivity index (χ2v) is 5.30. The minimum Gasteiger partial charge on any atom is -0.346 e. The number of hydrogen-bond donors (Lipinski definition) is 0. The maximum absolute atomic E-state index is 6.33. The van der Waals surface area contributed by atoms with Gasteiger partial charge in [0.2, 0.25) is 0 Å². The molecule has 0 saturated carbocycles. The highest BCUT2D eigenvalue weighted by Gasteiger charge is 2.33. The quantitative estimate of drug-likeness (QED) is 0.780. The molecule has 106 valence electrons. The largest absolute Gasteiger partial charge is 0.346 e. The van der Waals surface area contributed by atoms with Gasteiger partial charge < -0.3 is 4.74 Å². The van der Waals surface area contributed by atoms with Crippen LogP contribution in [0.2, 0.25) is 0 Å². The fourth-order valence-electron chi connectivity index (χ4n) is 2.12. The minimum atomic E-state index is -0.563. The summed E-state index contributed by atoms with van der Waals surface area (Å²) < 4.78 is 6.33. The lowest BCUT2D eigenvalue weighted by atomic mass is 9.91. The molecule has 1 heterocycles. The Bertz CT molecular complexity index is 486. The molecule has 2 atom stereocenters. The van der Waals surface area contributed by atoms with Crippen LogP contribution >= 0.6 is 0 Å². The Morgan fingerprint density at radius 1 is 1.05 bits per heavy atom. The zero-order valence-electron chi connectivity index (χ0n) is 12.6. The van der Waals surface area contributed by atoms with Gasteiger partial charge in [-0.2, -0.15) is 0 Å². The van der Waals surface area contributed by atoms with Crippen LogP contribution < -0.4 is 0 Å². The topological polar surface area (TPSA) is 25.4 Å². The van der Waals surface area contributed by atoms with E-state index in [2.05, 4.69) is 24.0 Å². The zero-order chi connectivity index (χ0) is 14.6. The standard InChI is InChI=1S/C17H22N2O/c1-14(19(3)4)20-17(2,15-10-6-5-7-11-15)16-12-8-9-13-18-16/h5-14H,1-4H3. The molecule has 20 heavy (non-hydrogen) atoms. The molecule has 3 nitrogen and oxygen atoms in total. The summed E-state index contributed by atoms with van der Waals surface area (Å²) >= 11 is 0. The number of nitrogens with zero attached hydrogens (tertiary/aromatic N) is 2. The minimum absolute atomic E-state index is 0.0118. The van der Waals surface area contributed by atoms with E-state index in [1.165, 1.54) is 0 Å². The van der Waals surface area contributed by atoms with Gasteiger partial charge >= 0.3 is 0 Å². The lowest BCUT2D eigenvalue weighted by Gasteiger charge is -2.35. The molecule has 0 N–H and O–H groups in total. The Balaban J connectivity index is 2.44. The average molecular weight is 270 g/mol. The molecule has 1 aromatic carbocycles. The normalized spacial score (nSPS) is 15.8. The van der Waals surface area contributed by atoms with E-state index >= 15 is 0 Å². The summed E-state index contributed by atoms with van der Waals surface area (Å²) in [6.07, 6.45) is 1.79. The Hall–Kier alpha value is -1.71. The highest BCUT2D eigenvalue weighted by Crippen LogP contribution is 2.33. The average Bonchev–Trinajstić information content (AvgIpc) is 2.48. The SMILES string of the molecule is CC(OC(C)(c1ccccc1)c1ccccn1)N(C)C. The first-order valence-corrected chi connectivity index (χ1v) is 6.85. The summed E-state index contributed by atoms with van der Waals surface area (Å²) in [4.78, 5) is 6.54. The third-order valence-electron chi connectivity index (χ3n) is 3.61. The summed E-state index contributed by atoms with van der Waals surface area (Å²) in [5.74, 6) is 0. The molecule has 0 radical (unpaired) electrons. The second-order valence-electron chi connectivity index (χ2n) is 5.30. The van der Waals surface area contributed by atoms with Gasteiger partial charge in [0.15, 0.2) is 0 Å². The molecule has 0 spiro atoms. The molecule has 0 aliphatic carbocycles. The van der Waals surface area contributed by atoms with Gasteiger partial charge in [0.1, 0.15) is 11.8 Å². The van der Waals surface area contributed by atoms with E-state index in [1.54, 1.807) is 6.20 Å². The first kappa shape index (κ1) is 14.7. The highest BCUT2D eigenvalue weighted by molar-refractivity contribution is 5.31. The van der Waals surface area contributed by atoms with Gasteiger partial charge in [-0.15, -0.1) is 0 Å². The number of benzene rings is 1. The fourth-order valence-corrected chi connectivity index (χ4v) is 2.12. The molecule has 2 rings (SSSR count). The molecule has 1 aromatic heterocycles. The first-order chi connectivity index (χ1) is 9.54. The van der Waals surface area contributed by atoms with E-state index in [0.717, 1.165) is 11.3 Å². The van der Waals surface area contributed by atoms with Crippen molar-refractivity contribution in [1.82, 2.24) is 9.88 Å². The van der Waals surface area contributed by atoms with E-state index in [4.69, 9.17) is 4.74 Å². The van der Waals surface area contributed by atoms with Crippen LogP contribution in [0.15, 0.2) is 54.7 Å². The summed E-state index contributed by atoms with van der Waals surface area (Å²) in [6.45, 7) is 4.12. The van der Waals surface area contributed by atoms with Crippen LogP contribution in [0, 0.1) is 0 Å². The van der Waals surface area contributed by atoms with Crippen LogP contribution in [0.4, 0.5) is 0 Å². The maximum Gasteiger partial charge on any atom is 0.134 e. The van der Waals surface area contributed by atoms with E-state index in [0.29, 0.717) is 0 Å². The van der Waals surface area contributed by atoms with Gasteiger partial charge in [-0.05, 0) is 45.6 Å². The van der Waals surface area contributed by atoms with Crippen molar-refractivity contribution in [3.05, 3.63) is 66.0 Å². The number of rotatable bonds is 5. The number of ether oxygens (including phenoxy) is 1. The van der Waals surface area contributed by atoms with E-state index in [-0.39, 0.29) is 6.23 Å². The monoisotopic (exact) mass is 270 g/mol. The zero-order valence-corrected chi connectivity index (χ0v) is 12.6. The molecular formula is C17H22N2O. The van der Waals surface area contributed by atoms with Crippen LogP contribution in [-0.4, -0.2) is 30.2 Å². The van der Waals surface area contributed by atoms with Gasteiger partial charge in [0, 0.05) is 6.20 Å². The second kappa shape index (κ2) is 6.16. The van der Waals surface area contributed by atoms with Crippen molar-refractivity contribution in [3.8, 4) is 0 Å². The fraction of sp³-hybridized carbons (Fsp3) is 0.353. The van der Waals surface area contributed by atoms with Gasteiger partial charge in [-0.1, -0.05) is 36.4 Å². The van der Waals surface area contributed by atoms with Crippen molar-refractivity contribution in [2.45, 2.75) is 25.7 Å². The highest BCUT2D eigenvalue weighted by atomic mass is 16.5. The van der Waals surface area contributed by atoms with Gasteiger partial charge in [0.05, 0.1) is 5.69 Å². The van der Waals surface area contributed by atoms with E-state index < -0.39 is 5.60 Å². The molecule has 3 heteroatoms. The summed E-state index contributed by atoms with van der Waals surface area (Å²) in [7, 11) is 4.02. The predicted octanol–water partition coefficient (Wildman–Crippen LogP) is 3.27. The van der Waals surface area contributed by atoms with Crippen LogP contribution in [0.3, 0.4) is 0 Å². The number of pyridine rings is 1. The third kappa shape index (κ3) is 3.06. The number of hydrogen-bond acceptors (Lipinski definition) is 3. The van der Waals surface area contributed by atoms with Crippen molar-refractivity contribution in [1.29, 1.82) is 0 Å². The van der Waals surface area contributed by atoms with Crippen molar-refractivity contribution < 1.29 is 4.74 Å². The van der Waals surface area contributed by atoms with Crippen LogP contribution in [-0.2, 0) is 10.3 Å². The van der Waals surface area contributed by atoms with Gasteiger partial charge in [-0.25, -0.2) is 0 Å². The Labute approximate surface area is 121 Å². The molecule has 0 bridgehead atoms. The lowest BCUT2D eigenvalue weighted by Crippen LogP contribution is -2.38. The molecule has 2 aromatic rings. The van der Waals surface area contributed by atoms with Crippen LogP contribution in [0.5, 0.6) is 0 Å². The first-order valence-electron chi connectivity index (χ1n) is 6.85. The van der Waals surface area contributed by atoms with Crippen LogP contribution in [0.25, 0.3) is 0 Å². The summed E-state index contributed by atoms with van der Waals surface area (Å²) in [6, 6.07) is 16.2. The molecule has 0 saturated heterocycles. The third-order valence-corrected chi connectivity index (χ3v) is 3.61. The number of aromatic nitrogens is 1. The summed E-state index contributed by atoms with van der Waals surface area (Å²) in [5.41, 5.74) is 1.46. The predicted molar refractivity (Wildman–Crippen MR) is 81.4 cm³/mol. The Kier molecular flexibility index (Phi) is 4.53. The Morgan fingerprint density at radius 3 is 2.25 bits per heavy atom. The molecule has 2 unspecified atom stereocenters. The Morgan fingerprint density at radius 2 is 1.70 bits per heavy atom. The van der Waals surface area contributed by atoms with Crippen LogP contribution in [0.1, 0.15) is 25.1 Å². The lowest BCUT2D eigenvalue weighted by molar-refractivity contribution is -0.112. The molecule has 0 aliphatic heterocycles. The van der Waals surface area contributed by atoms with Gasteiger partial charge in [0.25, 0.3) is 0 Å². The molecular weight excluding hydrogens is 248 g/mol.